The number of aryl methyl sites for hydroxylation is 2. The first-order chi connectivity index (χ1) is 7.52. The van der Waals surface area contributed by atoms with Gasteiger partial charge >= 0.3 is 0 Å². The second-order valence-electron chi connectivity index (χ2n) is 4.03. The van der Waals surface area contributed by atoms with Crippen molar-refractivity contribution >= 4 is 5.91 Å². The monoisotopic (exact) mass is 216 g/mol. The Labute approximate surface area is 96.1 Å². The Morgan fingerprint density at radius 1 is 1.50 bits per heavy atom. The maximum atomic E-state index is 11.6. The van der Waals surface area contributed by atoms with Gasteiger partial charge in [0.2, 0.25) is 5.91 Å². The van der Waals surface area contributed by atoms with Crippen molar-refractivity contribution in [1.29, 1.82) is 5.26 Å². The highest BCUT2D eigenvalue weighted by atomic mass is 16.1. The molecule has 0 aliphatic rings. The van der Waals surface area contributed by atoms with Crippen molar-refractivity contribution in [2.75, 3.05) is 0 Å². The van der Waals surface area contributed by atoms with E-state index in [-0.39, 0.29) is 5.91 Å². The molecular weight excluding hydrogens is 200 g/mol. The van der Waals surface area contributed by atoms with E-state index < -0.39 is 6.04 Å². The highest BCUT2D eigenvalue weighted by Crippen LogP contribution is 2.11. The molecule has 0 aromatic heterocycles. The maximum absolute atomic E-state index is 11.6. The van der Waals surface area contributed by atoms with Crippen molar-refractivity contribution in [1.82, 2.24) is 5.32 Å². The summed E-state index contributed by atoms with van der Waals surface area (Å²) in [6, 6.07) is 7.58. The number of rotatable bonds is 3. The summed E-state index contributed by atoms with van der Waals surface area (Å²) in [7, 11) is 0. The fourth-order valence-corrected chi connectivity index (χ4v) is 1.49. The molecule has 1 atom stereocenters. The second-order valence-corrected chi connectivity index (χ2v) is 4.03. The number of carbonyl (C=O) groups excluding carboxylic acids is 1. The van der Waals surface area contributed by atoms with Crippen molar-refractivity contribution in [2.45, 2.75) is 33.2 Å². The molecule has 3 nitrogen and oxygen atoms in total. The molecule has 1 aromatic carbocycles. The van der Waals surface area contributed by atoms with E-state index in [4.69, 9.17) is 5.26 Å². The van der Waals surface area contributed by atoms with Crippen molar-refractivity contribution in [3.05, 3.63) is 34.9 Å². The Kier molecular flexibility index (Phi) is 4.07. The topological polar surface area (TPSA) is 52.9 Å². The second kappa shape index (κ2) is 5.32. The molecule has 0 aliphatic carbocycles. The number of nitrogens with one attached hydrogen (secondary N) is 1. The Morgan fingerprint density at radius 2 is 2.19 bits per heavy atom. The summed E-state index contributed by atoms with van der Waals surface area (Å²) >= 11 is 0. The third kappa shape index (κ3) is 3.39. The molecule has 3 heteroatoms. The van der Waals surface area contributed by atoms with E-state index >= 15 is 0 Å². The van der Waals surface area contributed by atoms with Gasteiger partial charge in [0.15, 0.2) is 0 Å². The predicted molar refractivity (Wildman–Crippen MR) is 62.8 cm³/mol. The minimum atomic E-state index is -0.433. The van der Waals surface area contributed by atoms with Crippen LogP contribution in [0, 0.1) is 25.2 Å². The summed E-state index contributed by atoms with van der Waals surface area (Å²) in [5.74, 6) is -0.109. The van der Waals surface area contributed by atoms with Gasteiger partial charge in [0.25, 0.3) is 0 Å². The molecule has 0 saturated heterocycles. The van der Waals surface area contributed by atoms with Crippen LogP contribution in [0.1, 0.15) is 23.6 Å². The molecule has 1 rings (SSSR count). The number of amides is 1. The van der Waals surface area contributed by atoms with E-state index in [1.54, 1.807) is 6.92 Å². The molecule has 16 heavy (non-hydrogen) atoms. The van der Waals surface area contributed by atoms with Gasteiger partial charge in [0, 0.05) is 0 Å². The fraction of sp³-hybridized carbons (Fsp3) is 0.385. The molecule has 0 radical (unpaired) electrons. The Balaban J connectivity index is 2.70. The lowest BCUT2D eigenvalue weighted by Gasteiger charge is -2.09. The van der Waals surface area contributed by atoms with Gasteiger partial charge in [-0.3, -0.25) is 4.79 Å². The van der Waals surface area contributed by atoms with Gasteiger partial charge in [0.1, 0.15) is 6.04 Å². The zero-order chi connectivity index (χ0) is 12.1. The van der Waals surface area contributed by atoms with Crippen LogP contribution in [0.25, 0.3) is 0 Å². The van der Waals surface area contributed by atoms with E-state index in [9.17, 15) is 4.79 Å². The van der Waals surface area contributed by atoms with Crippen LogP contribution >= 0.6 is 0 Å². The fourth-order valence-electron chi connectivity index (χ4n) is 1.49. The number of hydrogen-bond donors (Lipinski definition) is 1. The summed E-state index contributed by atoms with van der Waals surface area (Å²) in [5, 5.41) is 11.2. The van der Waals surface area contributed by atoms with Gasteiger partial charge < -0.3 is 5.32 Å². The number of carbonyl (C=O) groups is 1. The molecule has 0 heterocycles. The van der Waals surface area contributed by atoms with E-state index in [1.165, 1.54) is 0 Å². The van der Waals surface area contributed by atoms with Crippen LogP contribution in [0.2, 0.25) is 0 Å². The quantitative estimate of drug-likeness (QED) is 0.838. The van der Waals surface area contributed by atoms with Crippen molar-refractivity contribution in [3.8, 4) is 6.07 Å². The molecule has 84 valence electrons. The average molecular weight is 216 g/mol. The third-order valence-electron chi connectivity index (χ3n) is 2.43. The lowest BCUT2D eigenvalue weighted by molar-refractivity contribution is -0.120. The highest BCUT2D eigenvalue weighted by molar-refractivity contribution is 5.79. The van der Waals surface area contributed by atoms with Gasteiger partial charge in [-0.25, -0.2) is 0 Å². The SMILES string of the molecule is Cc1ccc(C)c(CC(=O)NC(C)C#N)c1. The van der Waals surface area contributed by atoms with Crippen molar-refractivity contribution < 1.29 is 4.79 Å². The van der Waals surface area contributed by atoms with Crippen LogP contribution in [-0.4, -0.2) is 11.9 Å². The Morgan fingerprint density at radius 3 is 2.81 bits per heavy atom. The summed E-state index contributed by atoms with van der Waals surface area (Å²) in [6.45, 7) is 5.65. The van der Waals surface area contributed by atoms with E-state index in [0.717, 1.165) is 16.7 Å². The molecule has 0 fully saturated rings. The van der Waals surface area contributed by atoms with Crippen LogP contribution < -0.4 is 5.32 Å². The average Bonchev–Trinajstić information content (AvgIpc) is 2.23. The molecule has 0 saturated carbocycles. The lowest BCUT2D eigenvalue weighted by atomic mass is 10.0. The normalized spacial score (nSPS) is 11.6. The summed E-state index contributed by atoms with van der Waals surface area (Å²) in [5.41, 5.74) is 3.26. The Bertz CT molecular complexity index is 432. The van der Waals surface area contributed by atoms with Crippen molar-refractivity contribution in [3.63, 3.8) is 0 Å². The predicted octanol–water partition coefficient (Wildman–Crippen LogP) is 1.87. The number of nitriles is 1. The standard InChI is InChI=1S/C13H16N2O/c1-9-4-5-10(2)12(6-9)7-13(16)15-11(3)8-14/h4-6,11H,7H2,1-3H3,(H,15,16). The first-order valence-electron chi connectivity index (χ1n) is 5.28. The van der Waals surface area contributed by atoms with E-state index in [0.29, 0.717) is 6.42 Å². The zero-order valence-corrected chi connectivity index (χ0v) is 9.87. The first kappa shape index (κ1) is 12.3. The largest absolute Gasteiger partial charge is 0.340 e. The van der Waals surface area contributed by atoms with Crippen LogP contribution in [0.15, 0.2) is 18.2 Å². The van der Waals surface area contributed by atoms with Gasteiger partial charge in [-0.05, 0) is 31.9 Å². The van der Waals surface area contributed by atoms with Crippen LogP contribution in [-0.2, 0) is 11.2 Å². The Hall–Kier alpha value is -1.82. The maximum Gasteiger partial charge on any atom is 0.225 e. The number of nitrogens with zero attached hydrogens (tertiary/aromatic N) is 1. The number of hydrogen-bond acceptors (Lipinski definition) is 2. The number of benzene rings is 1. The molecule has 0 spiro atoms. The van der Waals surface area contributed by atoms with Gasteiger partial charge in [-0.1, -0.05) is 23.8 Å². The minimum absolute atomic E-state index is 0.109. The van der Waals surface area contributed by atoms with E-state index in [1.807, 2.05) is 38.1 Å². The zero-order valence-electron chi connectivity index (χ0n) is 9.87. The summed E-state index contributed by atoms with van der Waals surface area (Å²) in [6.07, 6.45) is 0.333. The van der Waals surface area contributed by atoms with Crippen LogP contribution in [0.3, 0.4) is 0 Å². The molecule has 0 aliphatic heterocycles. The summed E-state index contributed by atoms with van der Waals surface area (Å²) < 4.78 is 0. The van der Waals surface area contributed by atoms with Gasteiger partial charge in [0.05, 0.1) is 12.5 Å². The molecule has 1 unspecified atom stereocenters. The molecular formula is C13H16N2O. The summed E-state index contributed by atoms with van der Waals surface area (Å²) in [4.78, 5) is 11.6. The molecule has 1 aromatic rings. The van der Waals surface area contributed by atoms with E-state index in [2.05, 4.69) is 5.32 Å². The van der Waals surface area contributed by atoms with Gasteiger partial charge in [-0.2, -0.15) is 5.26 Å². The minimum Gasteiger partial charge on any atom is -0.340 e. The van der Waals surface area contributed by atoms with Crippen molar-refractivity contribution in [2.24, 2.45) is 0 Å². The molecule has 0 bridgehead atoms. The lowest BCUT2D eigenvalue weighted by Crippen LogP contribution is -2.32. The van der Waals surface area contributed by atoms with Gasteiger partial charge in [-0.15, -0.1) is 0 Å². The molecule has 1 amide bonds. The third-order valence-corrected chi connectivity index (χ3v) is 2.43. The first-order valence-corrected chi connectivity index (χ1v) is 5.28. The highest BCUT2D eigenvalue weighted by Gasteiger charge is 2.08. The van der Waals surface area contributed by atoms with Crippen LogP contribution in [0.4, 0.5) is 0 Å². The molecule has 1 N–H and O–H groups in total. The van der Waals surface area contributed by atoms with Crippen LogP contribution in [0.5, 0.6) is 0 Å². The smallest absolute Gasteiger partial charge is 0.225 e.